The van der Waals surface area contributed by atoms with Gasteiger partial charge in [-0.1, -0.05) is 30.7 Å². The van der Waals surface area contributed by atoms with Crippen LogP contribution in [-0.4, -0.2) is 65.2 Å². The fourth-order valence-corrected chi connectivity index (χ4v) is 6.18. The molecule has 0 radical (unpaired) electrons. The number of hydrogen-bond donors (Lipinski definition) is 3. The van der Waals surface area contributed by atoms with E-state index < -0.39 is 23.5 Å². The van der Waals surface area contributed by atoms with Crippen LogP contribution >= 0.6 is 11.6 Å². The quantitative estimate of drug-likeness (QED) is 0.436. The number of ether oxygens (including phenoxy) is 1. The van der Waals surface area contributed by atoms with Crippen molar-refractivity contribution in [2.45, 2.75) is 70.1 Å². The number of nitrogens with zero attached hydrogens (tertiary/aromatic N) is 1. The van der Waals surface area contributed by atoms with E-state index in [2.05, 4.69) is 10.6 Å². The number of benzene rings is 1. The van der Waals surface area contributed by atoms with Gasteiger partial charge in [0.05, 0.1) is 28.6 Å². The topological polar surface area (TPSA) is 108 Å². The Morgan fingerprint density at radius 1 is 1.26 bits per heavy atom. The highest BCUT2D eigenvalue weighted by Gasteiger charge is 2.74. The summed E-state index contributed by atoms with van der Waals surface area (Å²) in [5, 5.41) is 15.4. The number of hydrogen-bond acceptors (Lipinski definition) is 5. The molecular weight excluding hydrogens is 458 g/mol. The van der Waals surface area contributed by atoms with Gasteiger partial charge in [-0.2, -0.15) is 0 Å². The molecule has 9 heteroatoms. The van der Waals surface area contributed by atoms with Crippen LogP contribution in [0.1, 0.15) is 51.0 Å². The molecule has 2 bridgehead atoms. The number of halogens is 1. The summed E-state index contributed by atoms with van der Waals surface area (Å²) < 4.78 is 6.40. The fourth-order valence-electron chi connectivity index (χ4n) is 5.91. The second kappa shape index (κ2) is 10.2. The molecule has 5 atom stereocenters. The van der Waals surface area contributed by atoms with Crippen molar-refractivity contribution in [3.8, 4) is 0 Å². The molecule has 3 fully saturated rings. The molecule has 3 aliphatic heterocycles. The maximum absolute atomic E-state index is 13.8. The first-order chi connectivity index (χ1) is 16.4. The lowest BCUT2D eigenvalue weighted by molar-refractivity contribution is -0.140. The normalized spacial score (nSPS) is 29.4. The summed E-state index contributed by atoms with van der Waals surface area (Å²) >= 11 is 6.36. The molecule has 34 heavy (non-hydrogen) atoms. The van der Waals surface area contributed by atoms with Crippen molar-refractivity contribution in [1.82, 2.24) is 10.2 Å². The zero-order chi connectivity index (χ0) is 24.5. The Morgan fingerprint density at radius 3 is 2.76 bits per heavy atom. The second-order valence-corrected chi connectivity index (χ2v) is 9.99. The molecule has 2 unspecified atom stereocenters. The molecule has 0 aliphatic carbocycles. The second-order valence-electron chi connectivity index (χ2n) is 9.58. The summed E-state index contributed by atoms with van der Waals surface area (Å²) in [7, 11) is 0. The SMILES string of the molecule is CCCNC(=O)[C@@H]1[C@H]2C(=O)N(CCCCCO)C(C(=O)Nc3c(C)cccc3Cl)C23CC[C@H]1O3. The van der Waals surface area contributed by atoms with Crippen molar-refractivity contribution in [3.05, 3.63) is 28.8 Å². The van der Waals surface area contributed by atoms with E-state index in [1.807, 2.05) is 26.0 Å². The summed E-state index contributed by atoms with van der Waals surface area (Å²) in [6, 6.07) is 4.55. The van der Waals surface area contributed by atoms with Crippen LogP contribution in [0.4, 0.5) is 5.69 Å². The van der Waals surface area contributed by atoms with Gasteiger partial charge in [0.15, 0.2) is 0 Å². The molecule has 186 valence electrons. The van der Waals surface area contributed by atoms with Gasteiger partial charge < -0.3 is 25.4 Å². The number of para-hydroxylation sites is 1. The van der Waals surface area contributed by atoms with Gasteiger partial charge in [0.2, 0.25) is 17.7 Å². The zero-order valence-electron chi connectivity index (χ0n) is 19.8. The van der Waals surface area contributed by atoms with E-state index >= 15 is 0 Å². The molecule has 1 spiro atoms. The van der Waals surface area contributed by atoms with E-state index in [0.29, 0.717) is 49.5 Å². The highest BCUT2D eigenvalue weighted by Crippen LogP contribution is 2.58. The summed E-state index contributed by atoms with van der Waals surface area (Å²) in [4.78, 5) is 42.1. The van der Waals surface area contributed by atoms with E-state index in [1.54, 1.807) is 11.0 Å². The van der Waals surface area contributed by atoms with E-state index in [1.165, 1.54) is 0 Å². The highest BCUT2D eigenvalue weighted by atomic mass is 35.5. The molecule has 1 aromatic carbocycles. The number of rotatable bonds is 10. The minimum atomic E-state index is -1.02. The minimum absolute atomic E-state index is 0.0840. The van der Waals surface area contributed by atoms with Gasteiger partial charge in [0, 0.05) is 19.7 Å². The first-order valence-electron chi connectivity index (χ1n) is 12.3. The van der Waals surface area contributed by atoms with Crippen molar-refractivity contribution in [3.63, 3.8) is 0 Å². The Kier molecular flexibility index (Phi) is 7.50. The molecule has 1 aromatic rings. The Labute approximate surface area is 205 Å². The highest BCUT2D eigenvalue weighted by molar-refractivity contribution is 6.34. The number of unbranched alkanes of at least 4 members (excludes halogenated alkanes) is 2. The maximum atomic E-state index is 13.8. The largest absolute Gasteiger partial charge is 0.396 e. The Balaban J connectivity index is 1.65. The van der Waals surface area contributed by atoms with Gasteiger partial charge in [0.25, 0.3) is 0 Å². The lowest BCUT2D eigenvalue weighted by Crippen LogP contribution is -2.53. The third kappa shape index (κ3) is 4.20. The first-order valence-corrected chi connectivity index (χ1v) is 12.7. The summed E-state index contributed by atoms with van der Waals surface area (Å²) in [6.07, 6.45) is 3.65. The number of fused-ring (bicyclic) bond motifs is 1. The average Bonchev–Trinajstić information content (AvgIpc) is 3.45. The van der Waals surface area contributed by atoms with Crippen molar-refractivity contribution in [2.75, 3.05) is 25.0 Å². The van der Waals surface area contributed by atoms with Crippen molar-refractivity contribution in [1.29, 1.82) is 0 Å². The zero-order valence-corrected chi connectivity index (χ0v) is 20.6. The standard InChI is InChI=1S/C25H34ClN3O5/c1-3-12-27-22(31)18-17-10-11-25(34-17)19(18)24(33)29(13-5-4-6-14-30)21(25)23(32)28-20-15(2)8-7-9-16(20)26/h7-9,17-19,21,30H,3-6,10-14H2,1-2H3,(H,27,31)(H,28,32)/t17-,18+,19+,21?,25?/m1/s1. The monoisotopic (exact) mass is 491 g/mol. The molecule has 4 rings (SSSR count). The minimum Gasteiger partial charge on any atom is -0.396 e. The summed E-state index contributed by atoms with van der Waals surface area (Å²) in [5.41, 5.74) is 0.320. The third-order valence-corrected chi connectivity index (χ3v) is 7.74. The fraction of sp³-hybridized carbons (Fsp3) is 0.640. The Morgan fingerprint density at radius 2 is 2.06 bits per heavy atom. The van der Waals surface area contributed by atoms with Crippen LogP contribution in [-0.2, 0) is 19.1 Å². The van der Waals surface area contributed by atoms with Crippen molar-refractivity contribution in [2.24, 2.45) is 11.8 Å². The Hall–Kier alpha value is -2.16. The van der Waals surface area contributed by atoms with Crippen LogP contribution in [0.2, 0.25) is 5.02 Å². The lowest BCUT2D eigenvalue weighted by Gasteiger charge is -2.33. The number of amides is 3. The first kappa shape index (κ1) is 24.9. The van der Waals surface area contributed by atoms with Crippen molar-refractivity contribution >= 4 is 35.0 Å². The molecule has 3 N–H and O–H groups in total. The van der Waals surface area contributed by atoms with Crippen LogP contribution in [0.15, 0.2) is 18.2 Å². The van der Waals surface area contributed by atoms with Gasteiger partial charge in [0.1, 0.15) is 11.6 Å². The number of anilines is 1. The Bertz CT molecular complexity index is 936. The molecule has 0 saturated carbocycles. The molecule has 3 heterocycles. The van der Waals surface area contributed by atoms with E-state index in [0.717, 1.165) is 18.4 Å². The summed E-state index contributed by atoms with van der Waals surface area (Å²) in [5.74, 6) is -1.98. The third-order valence-electron chi connectivity index (χ3n) is 7.43. The number of aliphatic hydroxyl groups excluding tert-OH is 1. The van der Waals surface area contributed by atoms with E-state index in [9.17, 15) is 14.4 Å². The van der Waals surface area contributed by atoms with Crippen LogP contribution < -0.4 is 10.6 Å². The number of aryl methyl sites for hydroxylation is 1. The maximum Gasteiger partial charge on any atom is 0.250 e. The van der Waals surface area contributed by atoms with Gasteiger partial charge >= 0.3 is 0 Å². The molecule has 3 aliphatic rings. The van der Waals surface area contributed by atoms with Crippen LogP contribution in [0, 0.1) is 18.8 Å². The smallest absolute Gasteiger partial charge is 0.250 e. The van der Waals surface area contributed by atoms with Gasteiger partial charge in [-0.25, -0.2) is 0 Å². The number of carbonyl (C=O) groups excluding carboxylic acids is 3. The van der Waals surface area contributed by atoms with E-state index in [4.69, 9.17) is 21.4 Å². The molecular formula is C25H34ClN3O5. The summed E-state index contributed by atoms with van der Waals surface area (Å²) in [6.45, 7) is 4.83. The van der Waals surface area contributed by atoms with Gasteiger partial charge in [-0.3, -0.25) is 14.4 Å². The predicted molar refractivity (Wildman–Crippen MR) is 128 cm³/mol. The lowest BCUT2D eigenvalue weighted by atomic mass is 9.70. The number of aliphatic hydroxyl groups is 1. The number of carbonyl (C=O) groups is 3. The number of likely N-dealkylation sites (tertiary alicyclic amines) is 1. The van der Waals surface area contributed by atoms with E-state index in [-0.39, 0.29) is 30.4 Å². The molecule has 3 amide bonds. The molecule has 0 aromatic heterocycles. The molecule has 3 saturated heterocycles. The number of nitrogens with one attached hydrogen (secondary N) is 2. The van der Waals surface area contributed by atoms with Gasteiger partial charge in [-0.05, 0) is 57.1 Å². The van der Waals surface area contributed by atoms with Crippen LogP contribution in [0.25, 0.3) is 0 Å². The van der Waals surface area contributed by atoms with Crippen molar-refractivity contribution < 1.29 is 24.2 Å². The molecule has 8 nitrogen and oxygen atoms in total. The average molecular weight is 492 g/mol. The van der Waals surface area contributed by atoms with Crippen LogP contribution in [0.3, 0.4) is 0 Å². The van der Waals surface area contributed by atoms with Gasteiger partial charge in [-0.15, -0.1) is 0 Å². The van der Waals surface area contributed by atoms with Crippen LogP contribution in [0.5, 0.6) is 0 Å². The predicted octanol–water partition coefficient (Wildman–Crippen LogP) is 2.65.